The Kier molecular flexibility index (Phi) is 3.66. The van der Waals surface area contributed by atoms with E-state index in [9.17, 15) is 5.26 Å². The maximum atomic E-state index is 9.43. The van der Waals surface area contributed by atoms with Crippen LogP contribution in [-0.4, -0.2) is 20.8 Å². The van der Waals surface area contributed by atoms with E-state index in [-0.39, 0.29) is 5.41 Å². The van der Waals surface area contributed by atoms with Gasteiger partial charge in [0.25, 0.3) is 0 Å². The van der Waals surface area contributed by atoms with Crippen molar-refractivity contribution in [3.8, 4) is 34.4 Å². The number of hydrogen-bond donors (Lipinski definition) is 0. The highest BCUT2D eigenvalue weighted by Crippen LogP contribution is 2.57. The molecule has 0 N–H and O–H groups in total. The molecule has 1 aliphatic carbocycles. The van der Waals surface area contributed by atoms with Crippen LogP contribution in [0.3, 0.4) is 0 Å². The summed E-state index contributed by atoms with van der Waals surface area (Å²) < 4.78 is 17.3. The van der Waals surface area contributed by atoms with E-state index in [1.807, 2.05) is 24.3 Å². The Morgan fingerprint density at radius 1 is 1.03 bits per heavy atom. The molecule has 29 heavy (non-hydrogen) atoms. The molecule has 0 unspecified atom stereocenters. The molecule has 4 heteroatoms. The van der Waals surface area contributed by atoms with Crippen molar-refractivity contribution in [1.82, 2.24) is 0 Å². The molecule has 1 aliphatic heterocycles. The van der Waals surface area contributed by atoms with Crippen LogP contribution in [-0.2, 0) is 5.41 Å². The summed E-state index contributed by atoms with van der Waals surface area (Å²) in [5.41, 5.74) is 6.25. The Morgan fingerprint density at radius 3 is 2.45 bits per heavy atom. The summed E-state index contributed by atoms with van der Waals surface area (Å²) in [6.45, 7) is 4.98. The molecule has 0 aromatic heterocycles. The van der Waals surface area contributed by atoms with Gasteiger partial charge in [0.2, 0.25) is 0 Å². The van der Waals surface area contributed by atoms with E-state index < -0.39 is 0 Å². The maximum absolute atomic E-state index is 9.43. The van der Waals surface area contributed by atoms with Gasteiger partial charge in [-0.1, -0.05) is 26.0 Å². The van der Waals surface area contributed by atoms with Crippen molar-refractivity contribution >= 4 is 16.8 Å². The van der Waals surface area contributed by atoms with Crippen LogP contribution in [0.4, 0.5) is 0 Å². The first kappa shape index (κ1) is 17.6. The minimum atomic E-state index is -0.256. The molecule has 5 rings (SSSR count). The molecule has 4 nitrogen and oxygen atoms in total. The number of methoxy groups -OCH3 is 2. The van der Waals surface area contributed by atoms with Crippen LogP contribution in [0.25, 0.3) is 28.0 Å². The van der Waals surface area contributed by atoms with Crippen LogP contribution in [0.15, 0.2) is 36.4 Å². The average molecular weight is 383 g/mol. The highest BCUT2D eigenvalue weighted by atomic mass is 16.5. The van der Waals surface area contributed by atoms with Crippen molar-refractivity contribution in [1.29, 1.82) is 5.26 Å². The normalized spacial score (nSPS) is 15.1. The van der Waals surface area contributed by atoms with Gasteiger partial charge in [0.15, 0.2) is 11.5 Å². The molecule has 0 saturated heterocycles. The Labute approximate surface area is 169 Å². The first-order valence-corrected chi connectivity index (χ1v) is 9.61. The van der Waals surface area contributed by atoms with E-state index in [1.54, 1.807) is 14.2 Å². The molecule has 3 aromatic carbocycles. The predicted octanol–water partition coefficient (Wildman–Crippen LogP) is 5.44. The Balaban J connectivity index is 1.99. The number of ether oxygens (including phenoxy) is 3. The zero-order valence-electron chi connectivity index (χ0n) is 16.9. The fraction of sp³-hybridized carbons (Fsp3) is 0.240. The lowest BCUT2D eigenvalue weighted by molar-refractivity contribution is 0.353. The highest BCUT2D eigenvalue weighted by molar-refractivity contribution is 6.09. The summed E-state index contributed by atoms with van der Waals surface area (Å²) in [7, 11) is 3.30. The zero-order chi connectivity index (χ0) is 20.3. The smallest absolute Gasteiger partial charge is 0.161 e. The molecule has 2 aliphatic rings. The zero-order valence-corrected chi connectivity index (χ0v) is 16.9. The second-order valence-electron chi connectivity index (χ2n) is 7.96. The lowest BCUT2D eigenvalue weighted by Gasteiger charge is -2.27. The van der Waals surface area contributed by atoms with Gasteiger partial charge in [0.1, 0.15) is 12.4 Å². The second kappa shape index (κ2) is 6.02. The summed E-state index contributed by atoms with van der Waals surface area (Å²) in [4.78, 5) is 0. The monoisotopic (exact) mass is 383 g/mol. The van der Waals surface area contributed by atoms with Gasteiger partial charge in [-0.15, -0.1) is 0 Å². The Hall–Kier alpha value is -3.45. The first-order chi connectivity index (χ1) is 14.0. The minimum absolute atomic E-state index is 0.256. The SMILES string of the molecule is COc1cc2c3c(c4c(c2cc1OC)-c1ccc(C#N)cc1C4(C)C)C=CCO3. The quantitative estimate of drug-likeness (QED) is 0.591. The standard InChI is InChI=1S/C25H21NO3/c1-25(2)19-10-14(13-26)7-8-15(19)22-17-11-20(27-3)21(28-4)12-18(17)24-16(23(22)25)6-5-9-29-24/h5-8,10-12H,9H2,1-4H3. The lowest BCUT2D eigenvalue weighted by atomic mass is 9.78. The van der Waals surface area contributed by atoms with E-state index in [4.69, 9.17) is 14.2 Å². The Bertz CT molecular complexity index is 1260. The highest BCUT2D eigenvalue weighted by Gasteiger charge is 2.40. The van der Waals surface area contributed by atoms with E-state index in [2.05, 4.69) is 38.1 Å². The van der Waals surface area contributed by atoms with Crippen molar-refractivity contribution in [2.24, 2.45) is 0 Å². The third-order valence-corrected chi connectivity index (χ3v) is 6.13. The van der Waals surface area contributed by atoms with Gasteiger partial charge < -0.3 is 14.2 Å². The predicted molar refractivity (Wildman–Crippen MR) is 114 cm³/mol. The van der Waals surface area contributed by atoms with Crippen LogP contribution in [0.5, 0.6) is 17.2 Å². The summed E-state index contributed by atoms with van der Waals surface area (Å²) in [5.74, 6) is 2.25. The fourth-order valence-electron chi connectivity index (χ4n) is 4.83. The van der Waals surface area contributed by atoms with Gasteiger partial charge in [-0.05, 0) is 58.0 Å². The number of nitrogens with zero attached hydrogens (tertiary/aromatic N) is 1. The van der Waals surface area contributed by atoms with Crippen molar-refractivity contribution in [3.05, 3.63) is 58.7 Å². The number of nitriles is 1. The van der Waals surface area contributed by atoms with Gasteiger partial charge in [-0.2, -0.15) is 5.26 Å². The van der Waals surface area contributed by atoms with Gasteiger partial charge in [0.05, 0.1) is 25.9 Å². The molecule has 0 fully saturated rings. The van der Waals surface area contributed by atoms with E-state index in [0.717, 1.165) is 33.2 Å². The van der Waals surface area contributed by atoms with Crippen LogP contribution in [0, 0.1) is 11.3 Å². The van der Waals surface area contributed by atoms with Crippen molar-refractivity contribution in [2.45, 2.75) is 19.3 Å². The van der Waals surface area contributed by atoms with Crippen LogP contribution < -0.4 is 14.2 Å². The molecule has 0 radical (unpaired) electrons. The van der Waals surface area contributed by atoms with E-state index >= 15 is 0 Å². The van der Waals surface area contributed by atoms with Crippen molar-refractivity contribution in [3.63, 3.8) is 0 Å². The lowest BCUT2D eigenvalue weighted by Crippen LogP contribution is -2.18. The summed E-state index contributed by atoms with van der Waals surface area (Å²) >= 11 is 0. The second-order valence-corrected chi connectivity index (χ2v) is 7.96. The van der Waals surface area contributed by atoms with Gasteiger partial charge in [-0.25, -0.2) is 0 Å². The van der Waals surface area contributed by atoms with Crippen LogP contribution in [0.2, 0.25) is 0 Å². The molecule has 1 heterocycles. The maximum Gasteiger partial charge on any atom is 0.161 e. The number of benzene rings is 3. The first-order valence-electron chi connectivity index (χ1n) is 9.61. The molecule has 3 aromatic rings. The fourth-order valence-corrected chi connectivity index (χ4v) is 4.83. The van der Waals surface area contributed by atoms with E-state index in [0.29, 0.717) is 23.7 Å². The third-order valence-electron chi connectivity index (χ3n) is 6.13. The van der Waals surface area contributed by atoms with Crippen LogP contribution >= 0.6 is 0 Å². The molecule has 0 bridgehead atoms. The van der Waals surface area contributed by atoms with Crippen molar-refractivity contribution in [2.75, 3.05) is 20.8 Å². The molecule has 0 spiro atoms. The largest absolute Gasteiger partial charge is 0.493 e. The van der Waals surface area contributed by atoms with Crippen LogP contribution in [0.1, 0.15) is 36.1 Å². The number of fused-ring (bicyclic) bond motifs is 8. The van der Waals surface area contributed by atoms with Gasteiger partial charge in [0, 0.05) is 16.4 Å². The molecular formula is C25H21NO3. The minimum Gasteiger partial charge on any atom is -0.493 e. The average Bonchev–Trinajstić information content (AvgIpc) is 2.99. The molecule has 0 amide bonds. The topological polar surface area (TPSA) is 51.5 Å². The molecule has 0 atom stereocenters. The molecule has 0 saturated carbocycles. The number of rotatable bonds is 2. The third kappa shape index (κ3) is 2.25. The Morgan fingerprint density at radius 2 is 1.76 bits per heavy atom. The van der Waals surface area contributed by atoms with Gasteiger partial charge in [-0.3, -0.25) is 0 Å². The van der Waals surface area contributed by atoms with E-state index in [1.165, 1.54) is 11.1 Å². The molecule has 144 valence electrons. The molecular weight excluding hydrogens is 362 g/mol. The summed E-state index contributed by atoms with van der Waals surface area (Å²) in [6, 6.07) is 12.3. The van der Waals surface area contributed by atoms with Crippen molar-refractivity contribution < 1.29 is 14.2 Å². The summed E-state index contributed by atoms with van der Waals surface area (Å²) in [5, 5.41) is 11.5. The van der Waals surface area contributed by atoms with Gasteiger partial charge >= 0.3 is 0 Å². The summed E-state index contributed by atoms with van der Waals surface area (Å²) in [6.07, 6.45) is 4.21. The number of hydrogen-bond acceptors (Lipinski definition) is 4.